The largest absolute Gasteiger partial charge is 0.416 e. The molecule has 206 valence electrons. The third-order valence-corrected chi connectivity index (χ3v) is 7.56. The molecular weight excluding hydrogens is 513 g/mol. The van der Waals surface area contributed by atoms with Gasteiger partial charge in [-0.05, 0) is 61.9 Å². The first-order chi connectivity index (χ1) is 18.6. The number of carbonyl (C=O) groups is 4. The quantitative estimate of drug-likeness (QED) is 0.564. The fourth-order valence-corrected chi connectivity index (χ4v) is 5.53. The van der Waals surface area contributed by atoms with Gasteiger partial charge in [-0.1, -0.05) is 18.2 Å². The van der Waals surface area contributed by atoms with E-state index in [2.05, 4.69) is 10.6 Å². The van der Waals surface area contributed by atoms with E-state index in [0.717, 1.165) is 29.9 Å². The number of imide groups is 1. The van der Waals surface area contributed by atoms with Crippen LogP contribution in [0, 0.1) is 5.92 Å². The summed E-state index contributed by atoms with van der Waals surface area (Å²) in [6.45, 7) is 1.19. The predicted octanol–water partition coefficient (Wildman–Crippen LogP) is 3.50. The van der Waals surface area contributed by atoms with Crippen LogP contribution in [-0.2, 0) is 22.3 Å². The summed E-state index contributed by atoms with van der Waals surface area (Å²) in [4.78, 5) is 54.8. The summed E-state index contributed by atoms with van der Waals surface area (Å²) >= 11 is 0. The highest BCUT2D eigenvalue weighted by molar-refractivity contribution is 6.23. The first kappa shape index (κ1) is 26.7. The zero-order chi connectivity index (χ0) is 27.7. The average Bonchev–Trinajstić information content (AvgIpc) is 3.04. The van der Waals surface area contributed by atoms with Crippen molar-refractivity contribution in [1.82, 2.24) is 15.5 Å². The van der Waals surface area contributed by atoms with Gasteiger partial charge in [0.1, 0.15) is 6.04 Å². The minimum absolute atomic E-state index is 0.181. The monoisotopic (exact) mass is 542 g/mol. The second kappa shape index (κ2) is 10.7. The van der Waals surface area contributed by atoms with Crippen molar-refractivity contribution in [2.75, 3.05) is 24.5 Å². The number of fused-ring (bicyclic) bond motifs is 1. The van der Waals surface area contributed by atoms with Crippen LogP contribution in [-0.4, -0.2) is 54.2 Å². The van der Waals surface area contributed by atoms with Gasteiger partial charge >= 0.3 is 6.18 Å². The van der Waals surface area contributed by atoms with Gasteiger partial charge in [-0.25, -0.2) is 0 Å². The summed E-state index contributed by atoms with van der Waals surface area (Å²) in [6, 6.07) is 8.91. The Bertz CT molecular complexity index is 1310. The maximum absolute atomic E-state index is 13.4. The Kier molecular flexibility index (Phi) is 7.33. The van der Waals surface area contributed by atoms with Crippen molar-refractivity contribution in [2.45, 2.75) is 50.9 Å². The van der Waals surface area contributed by atoms with Gasteiger partial charge in [0, 0.05) is 19.6 Å². The van der Waals surface area contributed by atoms with Gasteiger partial charge in [-0.2, -0.15) is 13.2 Å². The molecule has 2 N–H and O–H groups in total. The highest BCUT2D eigenvalue weighted by Gasteiger charge is 2.40. The summed E-state index contributed by atoms with van der Waals surface area (Å²) < 4.78 is 39.5. The van der Waals surface area contributed by atoms with E-state index < -0.39 is 35.5 Å². The van der Waals surface area contributed by atoms with Crippen molar-refractivity contribution in [2.24, 2.45) is 5.92 Å². The zero-order valence-electron chi connectivity index (χ0n) is 21.2. The minimum atomic E-state index is -4.54. The Morgan fingerprint density at radius 3 is 2.59 bits per heavy atom. The molecule has 0 radical (unpaired) electrons. The summed E-state index contributed by atoms with van der Waals surface area (Å²) in [7, 11) is 0. The molecule has 0 saturated carbocycles. The number of rotatable bonds is 5. The van der Waals surface area contributed by atoms with E-state index in [-0.39, 0.29) is 35.0 Å². The molecule has 39 heavy (non-hydrogen) atoms. The van der Waals surface area contributed by atoms with Crippen LogP contribution in [0.4, 0.5) is 18.9 Å². The van der Waals surface area contributed by atoms with E-state index in [1.54, 1.807) is 12.1 Å². The van der Waals surface area contributed by atoms with Crippen molar-refractivity contribution in [3.63, 3.8) is 0 Å². The zero-order valence-corrected chi connectivity index (χ0v) is 21.2. The van der Waals surface area contributed by atoms with Gasteiger partial charge in [0.2, 0.25) is 11.8 Å². The Balaban J connectivity index is 1.33. The molecule has 2 fully saturated rings. The number of piperidine rings is 1. The molecule has 0 spiro atoms. The Labute approximate surface area is 223 Å². The van der Waals surface area contributed by atoms with Crippen LogP contribution >= 0.6 is 0 Å². The highest BCUT2D eigenvalue weighted by atomic mass is 19.4. The van der Waals surface area contributed by atoms with Gasteiger partial charge in [0.05, 0.1) is 34.8 Å². The van der Waals surface area contributed by atoms with Crippen LogP contribution in [0.25, 0.3) is 0 Å². The van der Waals surface area contributed by atoms with E-state index in [9.17, 15) is 32.3 Å². The average molecular weight is 543 g/mol. The molecule has 3 heterocycles. The lowest BCUT2D eigenvalue weighted by Gasteiger charge is -2.35. The van der Waals surface area contributed by atoms with Gasteiger partial charge in [-0.3, -0.25) is 24.1 Å². The third kappa shape index (κ3) is 5.48. The van der Waals surface area contributed by atoms with Crippen molar-refractivity contribution in [1.29, 1.82) is 0 Å². The van der Waals surface area contributed by atoms with Crippen molar-refractivity contribution < 1.29 is 32.3 Å². The number of anilines is 1. The number of nitrogens with zero attached hydrogens (tertiary/aromatic N) is 2. The molecule has 0 unspecified atom stereocenters. The number of benzene rings is 2. The van der Waals surface area contributed by atoms with Crippen LogP contribution in [0.2, 0.25) is 0 Å². The van der Waals surface area contributed by atoms with E-state index in [0.29, 0.717) is 44.6 Å². The Hall–Kier alpha value is -3.89. The van der Waals surface area contributed by atoms with Crippen molar-refractivity contribution >= 4 is 29.3 Å². The number of amides is 4. The summed E-state index contributed by atoms with van der Waals surface area (Å²) in [6.07, 6.45) is -0.953. The molecule has 4 amide bonds. The molecule has 0 aliphatic carbocycles. The number of nitrogens with one attached hydrogen (secondary N) is 2. The summed E-state index contributed by atoms with van der Waals surface area (Å²) in [5, 5.41) is 5.69. The standard InChI is InChI=1S/C28H29F3N4O4/c29-28(30,31)19-8-3-6-17(14-19)15-35-26(38)20-9-4-11-22(23(20)27(35)39)34-13-5-7-18(16-34)24(36)33-21-10-1-2-12-32-25(21)37/h3-4,6,8-9,11,14,18,21H,1-2,5,7,10,12-13,15-16H2,(H,32,37)(H,33,36)/t18-,21+/m1/s1. The Morgan fingerprint density at radius 1 is 1.00 bits per heavy atom. The number of alkyl halides is 3. The Morgan fingerprint density at radius 2 is 1.79 bits per heavy atom. The van der Waals surface area contributed by atoms with Gasteiger partial charge in [0.25, 0.3) is 11.8 Å². The molecule has 5 rings (SSSR count). The molecule has 3 aliphatic rings. The molecule has 2 atom stereocenters. The molecule has 8 nitrogen and oxygen atoms in total. The van der Waals surface area contributed by atoms with E-state index in [4.69, 9.17) is 0 Å². The van der Waals surface area contributed by atoms with Crippen LogP contribution < -0.4 is 15.5 Å². The predicted molar refractivity (Wildman–Crippen MR) is 136 cm³/mol. The summed E-state index contributed by atoms with van der Waals surface area (Å²) in [5.41, 5.74) is 0.237. The number of carbonyl (C=O) groups excluding carboxylic acids is 4. The van der Waals surface area contributed by atoms with E-state index in [1.165, 1.54) is 18.2 Å². The number of hydrogen-bond acceptors (Lipinski definition) is 5. The normalized spacial score (nSPS) is 21.9. The lowest BCUT2D eigenvalue weighted by Crippen LogP contribution is -2.50. The minimum Gasteiger partial charge on any atom is -0.370 e. The maximum atomic E-state index is 13.4. The second-order valence-electron chi connectivity index (χ2n) is 10.2. The van der Waals surface area contributed by atoms with Crippen LogP contribution in [0.3, 0.4) is 0 Å². The van der Waals surface area contributed by atoms with E-state index >= 15 is 0 Å². The van der Waals surface area contributed by atoms with Gasteiger partial charge in [0.15, 0.2) is 0 Å². The molecule has 2 aromatic carbocycles. The number of halogens is 3. The molecule has 0 bridgehead atoms. The van der Waals surface area contributed by atoms with E-state index in [1.807, 2.05) is 4.90 Å². The molecule has 3 aliphatic heterocycles. The first-order valence-electron chi connectivity index (χ1n) is 13.1. The molecule has 11 heteroatoms. The van der Waals surface area contributed by atoms with Crippen LogP contribution in [0.5, 0.6) is 0 Å². The van der Waals surface area contributed by atoms with Gasteiger partial charge < -0.3 is 15.5 Å². The maximum Gasteiger partial charge on any atom is 0.416 e. The van der Waals surface area contributed by atoms with Gasteiger partial charge in [-0.15, -0.1) is 0 Å². The summed E-state index contributed by atoms with van der Waals surface area (Å²) in [5.74, 6) is -1.95. The molecular formula is C28H29F3N4O4. The fourth-order valence-electron chi connectivity index (χ4n) is 5.53. The smallest absolute Gasteiger partial charge is 0.370 e. The lowest BCUT2D eigenvalue weighted by atomic mass is 9.94. The topological polar surface area (TPSA) is 98.8 Å². The number of hydrogen-bond donors (Lipinski definition) is 2. The van der Waals surface area contributed by atoms with Crippen molar-refractivity contribution in [3.8, 4) is 0 Å². The lowest BCUT2D eigenvalue weighted by molar-refractivity contribution is -0.137. The highest BCUT2D eigenvalue weighted by Crippen LogP contribution is 2.35. The van der Waals surface area contributed by atoms with Crippen LogP contribution in [0.15, 0.2) is 42.5 Å². The molecule has 0 aromatic heterocycles. The fraction of sp³-hybridized carbons (Fsp3) is 0.429. The second-order valence-corrected chi connectivity index (χ2v) is 10.2. The van der Waals surface area contributed by atoms with Crippen molar-refractivity contribution in [3.05, 3.63) is 64.7 Å². The molecule has 2 aromatic rings. The third-order valence-electron chi connectivity index (χ3n) is 7.56. The first-order valence-corrected chi connectivity index (χ1v) is 13.1. The SMILES string of the molecule is O=C(N[C@H]1CCCCNC1=O)[C@@H]1CCCN(c2cccc3c2C(=O)N(Cc2cccc(C(F)(F)F)c2)C3=O)C1. The molecule has 2 saturated heterocycles. The van der Waals surface area contributed by atoms with Crippen LogP contribution in [0.1, 0.15) is 63.9 Å².